The number of ether oxygens (including phenoxy) is 1. The number of sulfonamides is 1. The van der Waals surface area contributed by atoms with E-state index in [0.717, 1.165) is 17.7 Å². The van der Waals surface area contributed by atoms with Gasteiger partial charge in [0.15, 0.2) is 0 Å². The number of fused-ring (bicyclic) bond motifs is 3. The highest BCUT2D eigenvalue weighted by Crippen LogP contribution is 2.50. The maximum atomic E-state index is 13.1. The van der Waals surface area contributed by atoms with E-state index in [1.807, 2.05) is 12.1 Å². The molecule has 0 saturated carbocycles. The van der Waals surface area contributed by atoms with Gasteiger partial charge in [-0.2, -0.15) is 0 Å². The summed E-state index contributed by atoms with van der Waals surface area (Å²) in [7, 11) is -2.17. The van der Waals surface area contributed by atoms with Crippen molar-refractivity contribution in [2.75, 3.05) is 17.1 Å². The summed E-state index contributed by atoms with van der Waals surface area (Å²) in [4.78, 5) is 0.257. The fourth-order valence-electron chi connectivity index (χ4n) is 4.63. The minimum absolute atomic E-state index is 0.188. The van der Waals surface area contributed by atoms with E-state index in [2.05, 4.69) is 46.5 Å². The van der Waals surface area contributed by atoms with Crippen LogP contribution in [0.25, 0.3) is 0 Å². The standard InChI is InChI=1S/C25H24N2O3S/c1-30-19-10-5-9-18(15-19)27-31(28,29)20-13-14-24-23(16-20)21-11-6-12-22(21)25(26-24)17-7-3-2-4-8-17/h2-11,13-16,21-22,25-27H,12H2,1H3/t21-,22+,25+/m0/s1. The highest BCUT2D eigenvalue weighted by molar-refractivity contribution is 7.92. The molecule has 31 heavy (non-hydrogen) atoms. The van der Waals surface area contributed by atoms with Gasteiger partial charge in [-0.25, -0.2) is 8.42 Å². The largest absolute Gasteiger partial charge is 0.497 e. The molecule has 5 nitrogen and oxygen atoms in total. The van der Waals surface area contributed by atoms with Crippen LogP contribution in [0.5, 0.6) is 5.75 Å². The zero-order valence-corrected chi connectivity index (χ0v) is 18.0. The molecule has 5 rings (SSSR count). The van der Waals surface area contributed by atoms with Gasteiger partial charge in [0.25, 0.3) is 10.0 Å². The molecule has 2 N–H and O–H groups in total. The first kappa shape index (κ1) is 19.7. The monoisotopic (exact) mass is 432 g/mol. The topological polar surface area (TPSA) is 67.4 Å². The van der Waals surface area contributed by atoms with Crippen molar-refractivity contribution >= 4 is 21.4 Å². The van der Waals surface area contributed by atoms with Crippen molar-refractivity contribution in [3.63, 3.8) is 0 Å². The zero-order valence-electron chi connectivity index (χ0n) is 17.2. The number of anilines is 2. The van der Waals surface area contributed by atoms with Gasteiger partial charge in [-0.3, -0.25) is 4.72 Å². The van der Waals surface area contributed by atoms with Gasteiger partial charge in [0, 0.05) is 17.7 Å². The Morgan fingerprint density at radius 2 is 1.84 bits per heavy atom. The molecule has 0 aromatic heterocycles. The van der Waals surface area contributed by atoms with Gasteiger partial charge in [-0.05, 0) is 53.8 Å². The second kappa shape index (κ2) is 7.78. The van der Waals surface area contributed by atoms with Crippen LogP contribution in [0.4, 0.5) is 11.4 Å². The maximum Gasteiger partial charge on any atom is 0.261 e. The van der Waals surface area contributed by atoms with E-state index in [1.54, 1.807) is 43.5 Å². The third-order valence-electron chi connectivity index (χ3n) is 6.13. The van der Waals surface area contributed by atoms with Gasteiger partial charge in [0.1, 0.15) is 5.75 Å². The van der Waals surface area contributed by atoms with Crippen LogP contribution in [-0.2, 0) is 10.0 Å². The van der Waals surface area contributed by atoms with Crippen molar-refractivity contribution in [1.29, 1.82) is 0 Å². The Morgan fingerprint density at radius 3 is 2.65 bits per heavy atom. The zero-order chi connectivity index (χ0) is 21.4. The molecule has 1 heterocycles. The number of rotatable bonds is 5. The van der Waals surface area contributed by atoms with Crippen molar-refractivity contribution < 1.29 is 13.2 Å². The molecule has 0 radical (unpaired) electrons. The third kappa shape index (κ3) is 3.68. The van der Waals surface area contributed by atoms with E-state index < -0.39 is 10.0 Å². The molecule has 158 valence electrons. The Bertz CT molecular complexity index is 1240. The molecule has 3 aromatic rings. The van der Waals surface area contributed by atoms with Crippen LogP contribution in [0, 0.1) is 5.92 Å². The first-order valence-electron chi connectivity index (χ1n) is 10.3. The summed E-state index contributed by atoms with van der Waals surface area (Å²) in [5, 5.41) is 3.66. The van der Waals surface area contributed by atoms with Crippen molar-refractivity contribution in [2.24, 2.45) is 5.92 Å². The van der Waals surface area contributed by atoms with Crippen LogP contribution < -0.4 is 14.8 Å². The average Bonchev–Trinajstić information content (AvgIpc) is 3.29. The van der Waals surface area contributed by atoms with Gasteiger partial charge >= 0.3 is 0 Å². The molecule has 2 aliphatic rings. The number of hydrogen-bond acceptors (Lipinski definition) is 4. The predicted octanol–water partition coefficient (Wildman–Crippen LogP) is 5.32. The lowest BCUT2D eigenvalue weighted by Gasteiger charge is -2.37. The molecule has 0 unspecified atom stereocenters. The Balaban J connectivity index is 1.48. The van der Waals surface area contributed by atoms with Crippen LogP contribution >= 0.6 is 0 Å². The van der Waals surface area contributed by atoms with Crippen LogP contribution in [0.2, 0.25) is 0 Å². The summed E-state index contributed by atoms with van der Waals surface area (Å²) in [6.45, 7) is 0. The van der Waals surface area contributed by atoms with Gasteiger partial charge in [-0.15, -0.1) is 0 Å². The summed E-state index contributed by atoms with van der Waals surface area (Å²) in [6.07, 6.45) is 5.39. The van der Waals surface area contributed by atoms with Crippen molar-refractivity contribution in [2.45, 2.75) is 23.3 Å². The fourth-order valence-corrected chi connectivity index (χ4v) is 5.72. The van der Waals surface area contributed by atoms with Crippen molar-refractivity contribution in [3.8, 4) is 5.75 Å². The quantitative estimate of drug-likeness (QED) is 0.535. The molecule has 0 bridgehead atoms. The van der Waals surface area contributed by atoms with E-state index in [1.165, 1.54) is 5.56 Å². The molecule has 0 spiro atoms. The predicted molar refractivity (Wildman–Crippen MR) is 123 cm³/mol. The normalized spacial score (nSPS) is 21.6. The van der Waals surface area contributed by atoms with E-state index >= 15 is 0 Å². The summed E-state index contributed by atoms with van der Waals surface area (Å²) in [6, 6.07) is 22.9. The number of nitrogens with one attached hydrogen (secondary N) is 2. The molecule has 0 saturated heterocycles. The second-order valence-electron chi connectivity index (χ2n) is 7.97. The second-order valence-corrected chi connectivity index (χ2v) is 9.66. The lowest BCUT2D eigenvalue weighted by Crippen LogP contribution is -2.29. The van der Waals surface area contributed by atoms with Crippen LogP contribution in [0.1, 0.15) is 29.5 Å². The molecule has 1 aliphatic heterocycles. The molecule has 6 heteroatoms. The number of methoxy groups -OCH3 is 1. The smallest absolute Gasteiger partial charge is 0.261 e. The van der Waals surface area contributed by atoms with Gasteiger partial charge < -0.3 is 10.1 Å². The van der Waals surface area contributed by atoms with Crippen LogP contribution in [0.3, 0.4) is 0 Å². The lowest BCUT2D eigenvalue weighted by molar-refractivity contribution is 0.415. The first-order valence-corrected chi connectivity index (χ1v) is 11.8. The molecular weight excluding hydrogens is 408 g/mol. The Kier molecular flexibility index (Phi) is 4.94. The van der Waals surface area contributed by atoms with Crippen molar-refractivity contribution in [1.82, 2.24) is 0 Å². The number of allylic oxidation sites excluding steroid dienone is 2. The maximum absolute atomic E-state index is 13.1. The van der Waals surface area contributed by atoms with Crippen LogP contribution in [0.15, 0.2) is 89.8 Å². The summed E-state index contributed by atoms with van der Waals surface area (Å²) >= 11 is 0. The fraction of sp³-hybridized carbons (Fsp3) is 0.200. The average molecular weight is 433 g/mol. The highest BCUT2D eigenvalue weighted by Gasteiger charge is 2.38. The van der Waals surface area contributed by atoms with E-state index in [4.69, 9.17) is 4.74 Å². The summed E-state index contributed by atoms with van der Waals surface area (Å²) in [5.41, 5.74) is 3.74. The minimum atomic E-state index is -3.72. The lowest BCUT2D eigenvalue weighted by atomic mass is 9.77. The Labute approximate surface area is 182 Å². The summed E-state index contributed by atoms with van der Waals surface area (Å²) < 4.78 is 34.0. The third-order valence-corrected chi connectivity index (χ3v) is 7.50. The highest BCUT2D eigenvalue weighted by atomic mass is 32.2. The number of benzene rings is 3. The van der Waals surface area contributed by atoms with E-state index in [-0.39, 0.29) is 16.9 Å². The molecule has 1 aliphatic carbocycles. The van der Waals surface area contributed by atoms with Gasteiger partial charge in [-0.1, -0.05) is 48.6 Å². The summed E-state index contributed by atoms with van der Waals surface area (Å²) in [5.74, 6) is 1.15. The Hall–Kier alpha value is -3.25. The number of hydrogen-bond donors (Lipinski definition) is 2. The van der Waals surface area contributed by atoms with Gasteiger partial charge in [0.2, 0.25) is 0 Å². The molecule has 0 fully saturated rings. The molecule has 3 aromatic carbocycles. The van der Waals surface area contributed by atoms with Crippen molar-refractivity contribution in [3.05, 3.63) is 96.1 Å². The van der Waals surface area contributed by atoms with E-state index in [9.17, 15) is 8.42 Å². The molecular formula is C25H24N2O3S. The molecule has 0 amide bonds. The van der Waals surface area contributed by atoms with E-state index in [0.29, 0.717) is 17.4 Å². The SMILES string of the molecule is COc1cccc(NS(=O)(=O)c2ccc3c(c2)[C@H]2C=CC[C@H]2[C@@H](c2ccccc2)N3)c1. The van der Waals surface area contributed by atoms with Gasteiger partial charge in [0.05, 0.1) is 23.7 Å². The first-order chi connectivity index (χ1) is 15.0. The van der Waals surface area contributed by atoms with Crippen LogP contribution in [-0.4, -0.2) is 15.5 Å². The molecule has 3 atom stereocenters. The minimum Gasteiger partial charge on any atom is -0.497 e. The Morgan fingerprint density at radius 1 is 1.00 bits per heavy atom.